The molecule has 1 amide bonds. The summed E-state index contributed by atoms with van der Waals surface area (Å²) >= 11 is 1.77. The molecule has 0 saturated carbocycles. The van der Waals surface area contributed by atoms with Crippen molar-refractivity contribution in [1.82, 2.24) is 14.5 Å². The first kappa shape index (κ1) is 20.1. The number of para-hydroxylation sites is 1. The van der Waals surface area contributed by atoms with E-state index in [4.69, 9.17) is 0 Å². The first-order chi connectivity index (χ1) is 15.1. The zero-order valence-corrected chi connectivity index (χ0v) is 18.4. The normalized spacial score (nSPS) is 18.1. The summed E-state index contributed by atoms with van der Waals surface area (Å²) in [7, 11) is 0. The molecule has 1 atom stereocenters. The fourth-order valence-electron chi connectivity index (χ4n) is 4.67. The second-order valence-electron chi connectivity index (χ2n) is 8.22. The molecule has 5 nitrogen and oxygen atoms in total. The van der Waals surface area contributed by atoms with Crippen LogP contribution in [-0.4, -0.2) is 33.4 Å². The van der Waals surface area contributed by atoms with E-state index in [1.165, 1.54) is 0 Å². The Morgan fingerprint density at radius 3 is 2.68 bits per heavy atom. The molecule has 1 unspecified atom stereocenters. The highest BCUT2D eigenvalue weighted by atomic mass is 32.2. The van der Waals surface area contributed by atoms with Gasteiger partial charge in [0.2, 0.25) is 0 Å². The molecular weight excluding hydrogens is 406 g/mol. The molecular formula is C25H25N3O2S. The van der Waals surface area contributed by atoms with Crippen molar-refractivity contribution in [2.75, 3.05) is 13.1 Å². The number of carbonyl (C=O) groups is 1. The van der Waals surface area contributed by atoms with Crippen LogP contribution in [0.15, 0.2) is 64.5 Å². The number of piperidine rings is 1. The summed E-state index contributed by atoms with van der Waals surface area (Å²) in [4.78, 5) is 34.1. The standard InChI is InChI=1S/C25H25N3O2S/c1-17-14-21(29)24(25(30)27-12-5-2-6-13-27)20-15-23(18-8-7-11-26-16-18)31-22-10-4-3-9-19(22)28(17)20/h3-4,7-11,14,16,23H,2,5-6,12-13,15H2,1H3. The summed E-state index contributed by atoms with van der Waals surface area (Å²) < 4.78 is 2.12. The minimum atomic E-state index is -0.173. The van der Waals surface area contributed by atoms with Gasteiger partial charge in [0, 0.05) is 59.5 Å². The van der Waals surface area contributed by atoms with E-state index in [0.29, 0.717) is 12.0 Å². The van der Waals surface area contributed by atoms with Crippen molar-refractivity contribution in [2.24, 2.45) is 0 Å². The highest BCUT2D eigenvalue weighted by Gasteiger charge is 2.31. The summed E-state index contributed by atoms with van der Waals surface area (Å²) in [5, 5.41) is 0.0673. The molecule has 2 aromatic heterocycles. The highest BCUT2D eigenvalue weighted by Crippen LogP contribution is 2.44. The maximum absolute atomic E-state index is 13.6. The molecule has 0 radical (unpaired) electrons. The van der Waals surface area contributed by atoms with Gasteiger partial charge >= 0.3 is 0 Å². The van der Waals surface area contributed by atoms with E-state index < -0.39 is 0 Å². The third kappa shape index (κ3) is 3.69. The second kappa shape index (κ2) is 8.35. The van der Waals surface area contributed by atoms with Crippen LogP contribution in [0.4, 0.5) is 0 Å². The monoisotopic (exact) mass is 431 g/mol. The van der Waals surface area contributed by atoms with Crippen LogP contribution in [0, 0.1) is 6.92 Å². The SMILES string of the molecule is Cc1cc(=O)c(C(=O)N2CCCCC2)c2n1-c1ccccc1SC(c1cccnc1)C2. The van der Waals surface area contributed by atoms with Crippen molar-refractivity contribution in [3.8, 4) is 5.69 Å². The number of aryl methyl sites for hydroxylation is 1. The predicted molar refractivity (Wildman–Crippen MR) is 123 cm³/mol. The third-order valence-corrected chi connectivity index (χ3v) is 7.49. The van der Waals surface area contributed by atoms with E-state index >= 15 is 0 Å². The van der Waals surface area contributed by atoms with Gasteiger partial charge in [0.1, 0.15) is 5.56 Å². The molecule has 1 fully saturated rings. The van der Waals surface area contributed by atoms with E-state index in [-0.39, 0.29) is 16.6 Å². The summed E-state index contributed by atoms with van der Waals surface area (Å²) in [5.74, 6) is -0.122. The number of hydrogen-bond donors (Lipinski definition) is 0. The smallest absolute Gasteiger partial charge is 0.259 e. The first-order valence-corrected chi connectivity index (χ1v) is 11.7. The van der Waals surface area contributed by atoms with Crippen molar-refractivity contribution in [3.63, 3.8) is 0 Å². The molecule has 1 saturated heterocycles. The van der Waals surface area contributed by atoms with Crippen molar-refractivity contribution < 1.29 is 4.79 Å². The zero-order valence-electron chi connectivity index (χ0n) is 17.6. The van der Waals surface area contributed by atoms with E-state index in [1.807, 2.05) is 36.2 Å². The highest BCUT2D eigenvalue weighted by molar-refractivity contribution is 7.99. The quantitative estimate of drug-likeness (QED) is 0.597. The first-order valence-electron chi connectivity index (χ1n) is 10.8. The van der Waals surface area contributed by atoms with Gasteiger partial charge in [-0.3, -0.25) is 14.6 Å². The van der Waals surface area contributed by atoms with Crippen LogP contribution in [0.2, 0.25) is 0 Å². The Labute approximate surface area is 186 Å². The number of carbonyl (C=O) groups excluding carboxylic acids is 1. The Hall–Kier alpha value is -2.86. The van der Waals surface area contributed by atoms with Gasteiger partial charge in [0.15, 0.2) is 5.43 Å². The summed E-state index contributed by atoms with van der Waals surface area (Å²) in [6.45, 7) is 3.40. The van der Waals surface area contributed by atoms with Gasteiger partial charge in [0.05, 0.1) is 5.69 Å². The Balaban J connectivity index is 1.72. The fourth-order valence-corrected chi connectivity index (χ4v) is 5.93. The summed E-state index contributed by atoms with van der Waals surface area (Å²) in [6, 6.07) is 13.9. The number of nitrogens with zero attached hydrogens (tertiary/aromatic N) is 3. The maximum atomic E-state index is 13.6. The Kier molecular flexibility index (Phi) is 5.40. The number of likely N-dealkylation sites (tertiary alicyclic amines) is 1. The van der Waals surface area contributed by atoms with Crippen molar-refractivity contribution in [1.29, 1.82) is 0 Å². The lowest BCUT2D eigenvalue weighted by atomic mass is 10.0. The lowest BCUT2D eigenvalue weighted by molar-refractivity contribution is 0.0721. The van der Waals surface area contributed by atoms with E-state index in [2.05, 4.69) is 27.8 Å². The number of fused-ring (bicyclic) bond motifs is 3. The molecule has 158 valence electrons. The molecule has 3 aromatic rings. The molecule has 0 bridgehead atoms. The summed E-state index contributed by atoms with van der Waals surface area (Å²) in [5.41, 5.74) is 3.95. The van der Waals surface area contributed by atoms with Gasteiger partial charge in [-0.15, -0.1) is 11.8 Å². The van der Waals surface area contributed by atoms with Crippen LogP contribution in [0.3, 0.4) is 0 Å². The van der Waals surface area contributed by atoms with E-state index in [0.717, 1.165) is 59.9 Å². The summed E-state index contributed by atoms with van der Waals surface area (Å²) in [6.07, 6.45) is 7.39. The minimum Gasteiger partial charge on any atom is -0.338 e. The van der Waals surface area contributed by atoms with Crippen LogP contribution < -0.4 is 5.43 Å². The number of hydrogen-bond acceptors (Lipinski definition) is 4. The van der Waals surface area contributed by atoms with Crippen molar-refractivity contribution in [3.05, 3.63) is 87.6 Å². The number of rotatable bonds is 2. The molecule has 31 heavy (non-hydrogen) atoms. The van der Waals surface area contributed by atoms with E-state index in [1.54, 1.807) is 24.0 Å². The van der Waals surface area contributed by atoms with Crippen molar-refractivity contribution in [2.45, 2.75) is 42.8 Å². The average molecular weight is 432 g/mol. The molecule has 0 N–H and O–H groups in total. The van der Waals surface area contributed by atoms with Gasteiger partial charge in [-0.1, -0.05) is 18.2 Å². The number of amides is 1. The molecule has 0 aliphatic carbocycles. The van der Waals surface area contributed by atoms with Crippen LogP contribution >= 0.6 is 11.8 Å². The fraction of sp³-hybridized carbons (Fsp3) is 0.320. The van der Waals surface area contributed by atoms with Crippen molar-refractivity contribution >= 4 is 17.7 Å². The van der Waals surface area contributed by atoms with E-state index in [9.17, 15) is 9.59 Å². The Morgan fingerprint density at radius 2 is 1.90 bits per heavy atom. The topological polar surface area (TPSA) is 55.2 Å². The van der Waals surface area contributed by atoms with Crippen LogP contribution in [0.25, 0.3) is 5.69 Å². The lowest BCUT2D eigenvalue weighted by Gasteiger charge is -2.28. The minimum absolute atomic E-state index is 0.0673. The van der Waals surface area contributed by atoms with Gasteiger partial charge in [-0.25, -0.2) is 0 Å². The molecule has 2 aliphatic heterocycles. The Morgan fingerprint density at radius 1 is 1.10 bits per heavy atom. The predicted octanol–water partition coefficient (Wildman–Crippen LogP) is 4.56. The number of benzene rings is 1. The largest absolute Gasteiger partial charge is 0.338 e. The van der Waals surface area contributed by atoms with Gasteiger partial charge in [-0.05, 0) is 49.9 Å². The number of thioether (sulfide) groups is 1. The number of aromatic nitrogens is 2. The maximum Gasteiger partial charge on any atom is 0.259 e. The van der Waals surface area contributed by atoms with Gasteiger partial charge in [-0.2, -0.15) is 0 Å². The van der Waals surface area contributed by atoms with Crippen LogP contribution in [0.1, 0.15) is 51.8 Å². The lowest BCUT2D eigenvalue weighted by Crippen LogP contribution is -2.39. The van der Waals surface area contributed by atoms with Gasteiger partial charge < -0.3 is 9.47 Å². The molecule has 5 rings (SSSR count). The second-order valence-corrected chi connectivity index (χ2v) is 9.47. The van der Waals surface area contributed by atoms with Gasteiger partial charge in [0.25, 0.3) is 5.91 Å². The molecule has 2 aliphatic rings. The molecule has 6 heteroatoms. The number of pyridine rings is 2. The average Bonchev–Trinajstić information content (AvgIpc) is 2.97. The molecule has 4 heterocycles. The van der Waals surface area contributed by atoms with Crippen LogP contribution in [-0.2, 0) is 6.42 Å². The molecule has 1 aromatic carbocycles. The Bertz CT molecular complexity index is 1180. The van der Waals surface area contributed by atoms with Crippen LogP contribution in [0.5, 0.6) is 0 Å². The molecule has 0 spiro atoms. The third-order valence-electron chi connectivity index (χ3n) is 6.17. The zero-order chi connectivity index (χ0) is 21.4.